The molecule has 0 heterocycles. The SMILES string of the molecule is CC(=O)N[C@@H](/C=N\OC[C@H](NC(=O)c1ccccc1)C(=O)N[C@@H](CC(C)C)C(=O)N[C@H](C(N)=O)[C@@H](C)O)[C@H](O)[C@H](O)[C@H](O)CO. The second-order valence-corrected chi connectivity index (χ2v) is 10.7. The highest BCUT2D eigenvalue weighted by Crippen LogP contribution is 2.08. The molecule has 0 aliphatic rings. The van der Waals surface area contributed by atoms with Crippen LogP contribution in [0.1, 0.15) is 44.5 Å². The van der Waals surface area contributed by atoms with E-state index >= 15 is 0 Å². The first-order valence-corrected chi connectivity index (χ1v) is 14.1. The molecule has 0 aliphatic carbocycles. The average Bonchev–Trinajstić information content (AvgIpc) is 2.98. The van der Waals surface area contributed by atoms with Crippen molar-refractivity contribution in [2.75, 3.05) is 13.2 Å². The molecule has 0 bridgehead atoms. The lowest BCUT2D eigenvalue weighted by Crippen LogP contribution is -2.59. The van der Waals surface area contributed by atoms with Gasteiger partial charge in [0, 0.05) is 12.5 Å². The number of primary amides is 1. The van der Waals surface area contributed by atoms with Gasteiger partial charge in [-0.3, -0.25) is 24.0 Å². The molecule has 1 aromatic carbocycles. The number of amides is 5. The fraction of sp³-hybridized carbons (Fsp3) is 0.571. The molecular formula is C28H44N6O11. The molecule has 0 spiro atoms. The van der Waals surface area contributed by atoms with E-state index in [1.54, 1.807) is 32.0 Å². The molecule has 0 saturated carbocycles. The van der Waals surface area contributed by atoms with E-state index in [9.17, 15) is 44.4 Å². The summed E-state index contributed by atoms with van der Waals surface area (Å²) in [4.78, 5) is 67.7. The van der Waals surface area contributed by atoms with Crippen molar-refractivity contribution in [3.63, 3.8) is 0 Å². The Morgan fingerprint density at radius 1 is 0.889 bits per heavy atom. The molecular weight excluding hydrogens is 596 g/mol. The quantitative estimate of drug-likeness (QED) is 0.0518. The van der Waals surface area contributed by atoms with Gasteiger partial charge in [-0.1, -0.05) is 37.2 Å². The molecule has 0 fully saturated rings. The number of hydrogen-bond donors (Lipinski definition) is 10. The summed E-state index contributed by atoms with van der Waals surface area (Å²) >= 11 is 0. The Morgan fingerprint density at radius 3 is 2.00 bits per heavy atom. The molecule has 5 amide bonds. The second kappa shape index (κ2) is 19.3. The third kappa shape index (κ3) is 13.6. The molecule has 0 saturated heterocycles. The van der Waals surface area contributed by atoms with E-state index in [1.165, 1.54) is 19.1 Å². The zero-order valence-corrected chi connectivity index (χ0v) is 25.5. The van der Waals surface area contributed by atoms with E-state index in [0.717, 1.165) is 13.1 Å². The number of hydrogen-bond acceptors (Lipinski definition) is 12. The number of oxime groups is 1. The van der Waals surface area contributed by atoms with Gasteiger partial charge in [0.05, 0.1) is 25.0 Å². The van der Waals surface area contributed by atoms with Crippen molar-refractivity contribution in [2.45, 2.75) is 82.7 Å². The first-order chi connectivity index (χ1) is 21.1. The number of aliphatic hydroxyl groups excluding tert-OH is 5. The van der Waals surface area contributed by atoms with Gasteiger partial charge in [0.25, 0.3) is 5.91 Å². The first kappa shape index (κ1) is 38.9. The van der Waals surface area contributed by atoms with Gasteiger partial charge in [-0.05, 0) is 31.4 Å². The highest BCUT2D eigenvalue weighted by molar-refractivity contribution is 5.98. The fourth-order valence-corrected chi connectivity index (χ4v) is 3.89. The minimum Gasteiger partial charge on any atom is -0.394 e. The smallest absolute Gasteiger partial charge is 0.252 e. The summed E-state index contributed by atoms with van der Waals surface area (Å²) in [6, 6.07) is 2.32. The number of benzene rings is 1. The number of nitrogens with two attached hydrogens (primary N) is 1. The Hall–Kier alpha value is -4.16. The third-order valence-corrected chi connectivity index (χ3v) is 6.29. The Kier molecular flexibility index (Phi) is 16.6. The monoisotopic (exact) mass is 640 g/mol. The lowest BCUT2D eigenvalue weighted by Gasteiger charge is -2.27. The van der Waals surface area contributed by atoms with Gasteiger partial charge < -0.3 is 57.4 Å². The maximum Gasteiger partial charge on any atom is 0.252 e. The highest BCUT2D eigenvalue weighted by Gasteiger charge is 2.33. The minimum absolute atomic E-state index is 0.0968. The topological polar surface area (TPSA) is 282 Å². The summed E-state index contributed by atoms with van der Waals surface area (Å²) in [6.45, 7) is 4.40. The van der Waals surface area contributed by atoms with E-state index in [-0.39, 0.29) is 17.9 Å². The van der Waals surface area contributed by atoms with Crippen LogP contribution in [-0.4, -0.2) is 123 Å². The van der Waals surface area contributed by atoms with Crippen LogP contribution in [0.5, 0.6) is 0 Å². The van der Waals surface area contributed by atoms with Gasteiger partial charge >= 0.3 is 0 Å². The largest absolute Gasteiger partial charge is 0.394 e. The van der Waals surface area contributed by atoms with Crippen LogP contribution in [0.2, 0.25) is 0 Å². The number of rotatable bonds is 19. The Morgan fingerprint density at radius 2 is 1.49 bits per heavy atom. The molecule has 17 heteroatoms. The van der Waals surface area contributed by atoms with Crippen LogP contribution in [0.25, 0.3) is 0 Å². The van der Waals surface area contributed by atoms with Gasteiger partial charge in [-0.2, -0.15) is 0 Å². The van der Waals surface area contributed by atoms with Gasteiger partial charge in [0.1, 0.15) is 43.0 Å². The lowest BCUT2D eigenvalue weighted by molar-refractivity contribution is -0.134. The van der Waals surface area contributed by atoms with Crippen molar-refractivity contribution in [2.24, 2.45) is 16.8 Å². The van der Waals surface area contributed by atoms with Crippen LogP contribution >= 0.6 is 0 Å². The van der Waals surface area contributed by atoms with Gasteiger partial charge in [0.2, 0.25) is 23.6 Å². The molecule has 11 N–H and O–H groups in total. The summed E-state index contributed by atoms with van der Waals surface area (Å²) in [5, 5.41) is 62.0. The molecule has 8 atom stereocenters. The van der Waals surface area contributed by atoms with Gasteiger partial charge in [0.15, 0.2) is 0 Å². The zero-order chi connectivity index (χ0) is 34.3. The van der Waals surface area contributed by atoms with Crippen LogP contribution in [0.3, 0.4) is 0 Å². The maximum atomic E-state index is 13.4. The second-order valence-electron chi connectivity index (χ2n) is 10.7. The van der Waals surface area contributed by atoms with Crippen LogP contribution in [-0.2, 0) is 24.0 Å². The van der Waals surface area contributed by atoms with Crippen LogP contribution in [0.15, 0.2) is 35.5 Å². The number of aliphatic hydroxyl groups is 5. The Balaban J connectivity index is 3.21. The molecule has 1 aromatic rings. The van der Waals surface area contributed by atoms with Crippen molar-refractivity contribution in [1.29, 1.82) is 0 Å². The number of carbonyl (C=O) groups excluding carboxylic acids is 5. The van der Waals surface area contributed by atoms with Gasteiger partial charge in [-0.15, -0.1) is 0 Å². The van der Waals surface area contributed by atoms with Crippen molar-refractivity contribution < 1.29 is 54.3 Å². The normalized spacial score (nSPS) is 16.8. The van der Waals surface area contributed by atoms with Crippen LogP contribution in [0, 0.1) is 5.92 Å². The van der Waals surface area contributed by atoms with Crippen LogP contribution < -0.4 is 27.0 Å². The molecule has 1 rings (SSSR count). The zero-order valence-electron chi connectivity index (χ0n) is 25.5. The maximum absolute atomic E-state index is 13.4. The molecule has 0 radical (unpaired) electrons. The highest BCUT2D eigenvalue weighted by atomic mass is 16.6. The molecule has 0 unspecified atom stereocenters. The van der Waals surface area contributed by atoms with Crippen LogP contribution in [0.4, 0.5) is 0 Å². The summed E-state index contributed by atoms with van der Waals surface area (Å²) in [5.41, 5.74) is 5.46. The van der Waals surface area contributed by atoms with E-state index in [4.69, 9.17) is 15.7 Å². The van der Waals surface area contributed by atoms with Crippen molar-refractivity contribution in [1.82, 2.24) is 21.3 Å². The molecule has 0 aromatic heterocycles. The van der Waals surface area contributed by atoms with Gasteiger partial charge in [-0.25, -0.2) is 0 Å². The molecule has 252 valence electrons. The number of nitrogens with one attached hydrogen (secondary N) is 4. The Labute approximate surface area is 260 Å². The minimum atomic E-state index is -1.88. The summed E-state index contributed by atoms with van der Waals surface area (Å²) in [5.74, 6) is -4.15. The summed E-state index contributed by atoms with van der Waals surface area (Å²) in [7, 11) is 0. The summed E-state index contributed by atoms with van der Waals surface area (Å²) < 4.78 is 0. The molecule has 0 aliphatic heterocycles. The standard InChI is InChI=1S/C28H44N6O11/c1-14(2)10-18(27(43)34-22(15(3)36)25(29)41)32-28(44)20(33-26(42)17-8-6-5-7-9-17)13-45-30-11-19(31-16(4)37)23(39)24(40)21(38)12-35/h5-9,11,14-15,18-24,35-36,38-40H,10,12-13H2,1-4H3,(H2,29,41)(H,31,37)(H,32,44)(H,33,42)(H,34,43)/b30-11-/t15-,18+,19+,20+,21-,22+,23+,24-/m1/s1. The van der Waals surface area contributed by atoms with E-state index < -0.39 is 91.3 Å². The third-order valence-electron chi connectivity index (χ3n) is 6.29. The van der Waals surface area contributed by atoms with E-state index in [1.807, 2.05) is 0 Å². The molecule has 17 nitrogen and oxygen atoms in total. The lowest BCUT2D eigenvalue weighted by atomic mass is 10.0. The van der Waals surface area contributed by atoms with Crippen molar-refractivity contribution in [3.8, 4) is 0 Å². The van der Waals surface area contributed by atoms with Crippen molar-refractivity contribution >= 4 is 35.8 Å². The van der Waals surface area contributed by atoms with E-state index in [2.05, 4.69) is 26.4 Å². The number of carbonyl (C=O) groups is 5. The predicted octanol–water partition coefficient (Wildman–Crippen LogP) is -3.75. The van der Waals surface area contributed by atoms with E-state index in [0.29, 0.717) is 0 Å². The number of nitrogens with zero attached hydrogens (tertiary/aromatic N) is 1. The average molecular weight is 641 g/mol. The Bertz CT molecular complexity index is 1150. The summed E-state index contributed by atoms with van der Waals surface area (Å²) in [6.07, 6.45) is -5.81. The fourth-order valence-electron chi connectivity index (χ4n) is 3.89. The van der Waals surface area contributed by atoms with Crippen molar-refractivity contribution in [3.05, 3.63) is 35.9 Å². The predicted molar refractivity (Wildman–Crippen MR) is 159 cm³/mol. The molecule has 45 heavy (non-hydrogen) atoms. The first-order valence-electron chi connectivity index (χ1n) is 14.1.